The molecular formula is C11H15N5O3. The van der Waals surface area contributed by atoms with Gasteiger partial charge in [0.15, 0.2) is 0 Å². The number of aromatic nitrogens is 2. The highest BCUT2D eigenvalue weighted by molar-refractivity contribution is 5.03. The lowest BCUT2D eigenvalue weighted by molar-refractivity contribution is 0.215. The molecule has 3 atom stereocenters. The first kappa shape index (κ1) is 13.4. The highest BCUT2D eigenvalue weighted by Gasteiger charge is 2.35. The summed E-state index contributed by atoms with van der Waals surface area (Å²) in [5.41, 5.74) is 8.13. The molecule has 2 N–H and O–H groups in total. The van der Waals surface area contributed by atoms with Crippen LogP contribution >= 0.6 is 0 Å². The molecule has 2 rings (SSSR count). The third-order valence-electron chi connectivity index (χ3n) is 3.62. The minimum absolute atomic E-state index is 0.126. The topological polar surface area (TPSA) is 124 Å². The van der Waals surface area contributed by atoms with E-state index in [9.17, 15) is 14.7 Å². The average molecular weight is 265 g/mol. The molecule has 1 aliphatic rings. The van der Waals surface area contributed by atoms with Gasteiger partial charge in [0.1, 0.15) is 0 Å². The van der Waals surface area contributed by atoms with Gasteiger partial charge in [0.2, 0.25) is 0 Å². The van der Waals surface area contributed by atoms with E-state index in [2.05, 4.69) is 15.0 Å². The van der Waals surface area contributed by atoms with Gasteiger partial charge in [0.05, 0.1) is 0 Å². The third-order valence-corrected chi connectivity index (χ3v) is 3.62. The van der Waals surface area contributed by atoms with Gasteiger partial charge in [-0.1, -0.05) is 5.11 Å². The van der Waals surface area contributed by atoms with Crippen LogP contribution in [0.2, 0.25) is 0 Å². The fraction of sp³-hybridized carbons (Fsp3) is 0.636. The summed E-state index contributed by atoms with van der Waals surface area (Å²) >= 11 is 0. The number of aliphatic hydroxyl groups is 1. The molecular weight excluding hydrogens is 250 g/mol. The molecule has 8 nitrogen and oxygen atoms in total. The number of nitrogens with one attached hydrogen (secondary N) is 1. The quantitative estimate of drug-likeness (QED) is 0.468. The number of hydrogen-bond donors (Lipinski definition) is 2. The van der Waals surface area contributed by atoms with Crippen LogP contribution in [-0.2, 0) is 0 Å². The fourth-order valence-corrected chi connectivity index (χ4v) is 2.60. The SMILES string of the molecule is Cc1c[nH]c(=O)n([C@H]2C[C@@H](CO)[C@H](N=[N+]=[N-])C2)c1=O. The normalized spacial score (nSPS) is 26.1. The summed E-state index contributed by atoms with van der Waals surface area (Å²) in [5.74, 6) is -0.215. The maximum atomic E-state index is 12.0. The van der Waals surface area contributed by atoms with Gasteiger partial charge in [0, 0.05) is 35.4 Å². The predicted octanol–water partition coefficient (Wildman–Crippen LogP) is 0.467. The molecule has 0 unspecified atom stereocenters. The first-order valence-electron chi connectivity index (χ1n) is 6.04. The van der Waals surface area contributed by atoms with Gasteiger partial charge in [-0.3, -0.25) is 9.36 Å². The molecule has 0 saturated heterocycles. The molecule has 8 heteroatoms. The Balaban J connectivity index is 2.40. The Bertz CT molecular complexity index is 628. The number of H-pyrrole nitrogens is 1. The molecule has 102 valence electrons. The van der Waals surface area contributed by atoms with Crippen LogP contribution in [0.5, 0.6) is 0 Å². The van der Waals surface area contributed by atoms with Crippen molar-refractivity contribution in [3.05, 3.63) is 43.0 Å². The van der Waals surface area contributed by atoms with Crippen molar-refractivity contribution in [1.29, 1.82) is 0 Å². The zero-order valence-electron chi connectivity index (χ0n) is 10.5. The van der Waals surface area contributed by atoms with E-state index < -0.39 is 5.69 Å². The minimum atomic E-state index is -0.473. The Morgan fingerprint density at radius 2 is 2.32 bits per heavy atom. The molecule has 1 fully saturated rings. The highest BCUT2D eigenvalue weighted by atomic mass is 16.3. The monoisotopic (exact) mass is 265 g/mol. The predicted molar refractivity (Wildman–Crippen MR) is 67.8 cm³/mol. The summed E-state index contributed by atoms with van der Waals surface area (Å²) in [6.07, 6.45) is 2.22. The number of hydrogen-bond acceptors (Lipinski definition) is 4. The molecule has 0 aromatic carbocycles. The van der Waals surface area contributed by atoms with Crippen LogP contribution in [0.1, 0.15) is 24.4 Å². The van der Waals surface area contributed by atoms with Crippen LogP contribution in [0.25, 0.3) is 10.4 Å². The molecule has 1 aromatic rings. The van der Waals surface area contributed by atoms with E-state index in [1.165, 1.54) is 6.20 Å². The molecule has 1 heterocycles. The van der Waals surface area contributed by atoms with E-state index >= 15 is 0 Å². The van der Waals surface area contributed by atoms with Crippen molar-refractivity contribution >= 4 is 0 Å². The number of aliphatic hydroxyl groups excluding tert-OH is 1. The zero-order chi connectivity index (χ0) is 14.0. The summed E-state index contributed by atoms with van der Waals surface area (Å²) in [4.78, 5) is 29.0. The van der Waals surface area contributed by atoms with E-state index in [-0.39, 0.29) is 30.2 Å². The van der Waals surface area contributed by atoms with Crippen molar-refractivity contribution in [3.8, 4) is 0 Å². The molecule has 19 heavy (non-hydrogen) atoms. The average Bonchev–Trinajstić information content (AvgIpc) is 2.78. The van der Waals surface area contributed by atoms with E-state index in [0.717, 1.165) is 4.57 Å². The molecule has 1 saturated carbocycles. The standard InChI is InChI=1S/C11H15N5O3/c1-6-4-13-11(19)16(10(6)18)8-2-7(5-17)9(3-8)14-15-12/h4,7-9,17H,2-3,5H2,1H3,(H,13,19)/t7-,8-,9+/m0/s1. The summed E-state index contributed by atoms with van der Waals surface area (Å²) in [7, 11) is 0. The first-order chi connectivity index (χ1) is 9.08. The smallest absolute Gasteiger partial charge is 0.328 e. The van der Waals surface area contributed by atoms with Crippen LogP contribution in [0.3, 0.4) is 0 Å². The van der Waals surface area contributed by atoms with E-state index in [1.807, 2.05) is 0 Å². The lowest BCUT2D eigenvalue weighted by Gasteiger charge is -2.12. The zero-order valence-corrected chi connectivity index (χ0v) is 10.5. The third kappa shape index (κ3) is 2.40. The van der Waals surface area contributed by atoms with E-state index in [1.54, 1.807) is 6.92 Å². The molecule has 0 bridgehead atoms. The van der Waals surface area contributed by atoms with Crippen molar-refractivity contribution < 1.29 is 5.11 Å². The Morgan fingerprint density at radius 3 is 2.95 bits per heavy atom. The van der Waals surface area contributed by atoms with Gasteiger partial charge >= 0.3 is 5.69 Å². The second-order valence-electron chi connectivity index (χ2n) is 4.79. The van der Waals surface area contributed by atoms with Crippen LogP contribution in [0, 0.1) is 12.8 Å². The molecule has 0 amide bonds. The number of aromatic amines is 1. The van der Waals surface area contributed by atoms with Crippen molar-refractivity contribution in [1.82, 2.24) is 9.55 Å². The second-order valence-corrected chi connectivity index (χ2v) is 4.79. The summed E-state index contributed by atoms with van der Waals surface area (Å²) in [6, 6.07) is -0.726. The van der Waals surface area contributed by atoms with Crippen LogP contribution < -0.4 is 11.2 Å². The van der Waals surface area contributed by atoms with Crippen molar-refractivity contribution in [2.24, 2.45) is 11.0 Å². The van der Waals surface area contributed by atoms with Crippen LogP contribution in [0.4, 0.5) is 0 Å². The largest absolute Gasteiger partial charge is 0.396 e. The van der Waals surface area contributed by atoms with Crippen molar-refractivity contribution in [2.75, 3.05) is 6.61 Å². The number of nitrogens with zero attached hydrogens (tertiary/aromatic N) is 4. The lowest BCUT2D eigenvalue weighted by atomic mass is 10.1. The van der Waals surface area contributed by atoms with Gasteiger partial charge in [-0.2, -0.15) is 0 Å². The maximum Gasteiger partial charge on any atom is 0.328 e. The molecule has 1 aliphatic carbocycles. The Hall–Kier alpha value is -2.05. The summed E-state index contributed by atoms with van der Waals surface area (Å²) < 4.78 is 1.16. The maximum absolute atomic E-state index is 12.0. The van der Waals surface area contributed by atoms with Gasteiger partial charge < -0.3 is 10.1 Å². The van der Waals surface area contributed by atoms with Gasteiger partial charge in [-0.15, -0.1) is 0 Å². The van der Waals surface area contributed by atoms with Gasteiger partial charge in [0.25, 0.3) is 5.56 Å². The summed E-state index contributed by atoms with van der Waals surface area (Å²) in [6.45, 7) is 1.50. The Morgan fingerprint density at radius 1 is 1.58 bits per heavy atom. The van der Waals surface area contributed by atoms with Crippen molar-refractivity contribution in [2.45, 2.75) is 31.8 Å². The second kappa shape index (κ2) is 5.29. The number of aryl methyl sites for hydroxylation is 1. The lowest BCUT2D eigenvalue weighted by Crippen LogP contribution is -2.38. The number of rotatable bonds is 3. The summed E-state index contributed by atoms with van der Waals surface area (Å²) in [5, 5.41) is 12.9. The highest BCUT2D eigenvalue weighted by Crippen LogP contribution is 2.35. The van der Waals surface area contributed by atoms with Gasteiger partial charge in [-0.05, 0) is 31.2 Å². The van der Waals surface area contributed by atoms with Crippen molar-refractivity contribution in [3.63, 3.8) is 0 Å². The van der Waals surface area contributed by atoms with E-state index in [0.29, 0.717) is 18.4 Å². The van der Waals surface area contributed by atoms with Crippen LogP contribution in [0.15, 0.2) is 20.9 Å². The Kier molecular flexibility index (Phi) is 3.73. The number of azide groups is 1. The Labute approximate surface area is 108 Å². The molecule has 0 radical (unpaired) electrons. The van der Waals surface area contributed by atoms with Gasteiger partial charge in [-0.25, -0.2) is 4.79 Å². The fourth-order valence-electron chi connectivity index (χ4n) is 2.60. The molecule has 1 aromatic heterocycles. The first-order valence-corrected chi connectivity index (χ1v) is 6.04. The van der Waals surface area contributed by atoms with E-state index in [4.69, 9.17) is 5.53 Å². The molecule has 0 aliphatic heterocycles. The minimum Gasteiger partial charge on any atom is -0.396 e. The van der Waals surface area contributed by atoms with Crippen LogP contribution in [-0.4, -0.2) is 27.3 Å². The molecule has 0 spiro atoms.